The van der Waals surface area contributed by atoms with Gasteiger partial charge in [-0.2, -0.15) is 0 Å². The van der Waals surface area contributed by atoms with E-state index >= 15 is 0 Å². The molecule has 0 aliphatic carbocycles. The Morgan fingerprint density at radius 1 is 1.21 bits per heavy atom. The van der Waals surface area contributed by atoms with E-state index in [0.717, 1.165) is 24.0 Å². The molecule has 0 amide bonds. The fraction of sp³-hybridized carbons (Fsp3) is 0.312. The van der Waals surface area contributed by atoms with Crippen LogP contribution >= 0.6 is 0 Å². The highest BCUT2D eigenvalue weighted by atomic mass is 19.1. The normalized spacial score (nSPS) is 12.4. The van der Waals surface area contributed by atoms with Gasteiger partial charge in [-0.25, -0.2) is 4.39 Å². The van der Waals surface area contributed by atoms with Gasteiger partial charge in [0, 0.05) is 24.0 Å². The average molecular weight is 258 g/mol. The minimum Gasteiger partial charge on any atom is -0.313 e. The van der Waals surface area contributed by atoms with E-state index in [1.54, 1.807) is 24.5 Å². The number of hydrogen-bond acceptors (Lipinski definition) is 2. The van der Waals surface area contributed by atoms with E-state index in [1.807, 2.05) is 32.2 Å². The predicted octanol–water partition coefficient (Wildman–Crippen LogP) is 3.42. The Morgan fingerprint density at radius 2 is 1.95 bits per heavy atom. The van der Waals surface area contributed by atoms with E-state index in [9.17, 15) is 4.39 Å². The van der Waals surface area contributed by atoms with Crippen LogP contribution in [0.1, 0.15) is 29.2 Å². The average Bonchev–Trinajstić information content (AvgIpc) is 2.44. The molecule has 1 N–H and O–H groups in total. The van der Waals surface area contributed by atoms with Crippen molar-refractivity contribution in [2.45, 2.75) is 25.8 Å². The highest BCUT2D eigenvalue weighted by molar-refractivity contribution is 5.27. The first kappa shape index (κ1) is 13.7. The van der Waals surface area contributed by atoms with Gasteiger partial charge in [-0.05, 0) is 50.6 Å². The van der Waals surface area contributed by atoms with Crippen LogP contribution in [0.5, 0.6) is 0 Å². The molecule has 1 aromatic carbocycles. The van der Waals surface area contributed by atoms with Gasteiger partial charge >= 0.3 is 0 Å². The number of nitrogens with zero attached hydrogens (tertiary/aromatic N) is 1. The van der Waals surface area contributed by atoms with Gasteiger partial charge < -0.3 is 5.32 Å². The van der Waals surface area contributed by atoms with Crippen molar-refractivity contribution in [1.29, 1.82) is 0 Å². The molecule has 0 aliphatic rings. The van der Waals surface area contributed by atoms with Crippen LogP contribution in [-0.2, 0) is 6.42 Å². The lowest BCUT2D eigenvalue weighted by atomic mass is 9.97. The Labute approximate surface area is 113 Å². The van der Waals surface area contributed by atoms with Gasteiger partial charge in [0.2, 0.25) is 0 Å². The fourth-order valence-corrected chi connectivity index (χ4v) is 2.25. The third-order valence-electron chi connectivity index (χ3n) is 3.35. The lowest BCUT2D eigenvalue weighted by molar-refractivity contribution is 0.508. The monoisotopic (exact) mass is 258 g/mol. The van der Waals surface area contributed by atoms with E-state index in [-0.39, 0.29) is 11.9 Å². The molecule has 1 unspecified atom stereocenters. The molecule has 2 aromatic rings. The molecule has 0 saturated heterocycles. The summed E-state index contributed by atoms with van der Waals surface area (Å²) in [6.45, 7) is 1.98. The molecular formula is C16H19FN2. The zero-order valence-electron chi connectivity index (χ0n) is 11.4. The topological polar surface area (TPSA) is 24.9 Å². The van der Waals surface area contributed by atoms with Crippen molar-refractivity contribution >= 4 is 0 Å². The first-order valence-corrected chi connectivity index (χ1v) is 6.53. The number of rotatable bonds is 5. The van der Waals surface area contributed by atoms with Gasteiger partial charge in [0.05, 0.1) is 0 Å². The van der Waals surface area contributed by atoms with Crippen molar-refractivity contribution in [3.8, 4) is 0 Å². The molecule has 0 bridgehead atoms. The molecule has 0 aliphatic heterocycles. The van der Waals surface area contributed by atoms with E-state index < -0.39 is 0 Å². The van der Waals surface area contributed by atoms with Crippen LogP contribution in [0, 0.1) is 12.7 Å². The summed E-state index contributed by atoms with van der Waals surface area (Å²) in [6.07, 6.45) is 5.34. The molecular weight excluding hydrogens is 239 g/mol. The molecule has 2 rings (SSSR count). The van der Waals surface area contributed by atoms with Crippen LogP contribution in [0.2, 0.25) is 0 Å². The Kier molecular flexibility index (Phi) is 4.63. The first-order valence-electron chi connectivity index (χ1n) is 6.53. The third kappa shape index (κ3) is 3.61. The molecule has 0 spiro atoms. The van der Waals surface area contributed by atoms with Crippen molar-refractivity contribution in [2.24, 2.45) is 0 Å². The second kappa shape index (κ2) is 6.43. The van der Waals surface area contributed by atoms with Gasteiger partial charge in [0.1, 0.15) is 5.82 Å². The molecule has 1 atom stereocenters. The summed E-state index contributed by atoms with van der Waals surface area (Å²) in [5, 5.41) is 3.20. The first-order chi connectivity index (χ1) is 9.20. The Bertz CT molecular complexity index is 526. The van der Waals surface area contributed by atoms with Crippen LogP contribution in [0.25, 0.3) is 0 Å². The van der Waals surface area contributed by atoms with Crippen molar-refractivity contribution in [3.05, 3.63) is 65.2 Å². The molecule has 3 heteroatoms. The van der Waals surface area contributed by atoms with Crippen molar-refractivity contribution in [1.82, 2.24) is 10.3 Å². The number of nitrogens with one attached hydrogen (secondary N) is 1. The zero-order chi connectivity index (χ0) is 13.7. The Hall–Kier alpha value is -1.74. The van der Waals surface area contributed by atoms with Crippen molar-refractivity contribution < 1.29 is 4.39 Å². The molecule has 1 heterocycles. The third-order valence-corrected chi connectivity index (χ3v) is 3.35. The van der Waals surface area contributed by atoms with E-state index in [0.29, 0.717) is 0 Å². The van der Waals surface area contributed by atoms with Gasteiger partial charge in [-0.15, -0.1) is 0 Å². The number of halogens is 1. The lowest BCUT2D eigenvalue weighted by Crippen LogP contribution is -2.18. The summed E-state index contributed by atoms with van der Waals surface area (Å²) in [7, 11) is 1.87. The van der Waals surface area contributed by atoms with Crippen molar-refractivity contribution in [2.75, 3.05) is 7.05 Å². The van der Waals surface area contributed by atoms with Crippen LogP contribution in [0.3, 0.4) is 0 Å². The maximum absolute atomic E-state index is 13.9. The highest BCUT2D eigenvalue weighted by Gasteiger charge is 2.14. The summed E-state index contributed by atoms with van der Waals surface area (Å²) < 4.78 is 13.9. The van der Waals surface area contributed by atoms with Crippen molar-refractivity contribution in [3.63, 3.8) is 0 Å². The summed E-state index contributed by atoms with van der Waals surface area (Å²) >= 11 is 0. The van der Waals surface area contributed by atoms with Gasteiger partial charge in [0.25, 0.3) is 0 Å². The predicted molar refractivity (Wildman–Crippen MR) is 75.5 cm³/mol. The number of benzene rings is 1. The maximum Gasteiger partial charge on any atom is 0.127 e. The summed E-state index contributed by atoms with van der Waals surface area (Å²) in [4.78, 5) is 4.00. The number of aromatic nitrogens is 1. The number of pyridine rings is 1. The lowest BCUT2D eigenvalue weighted by Gasteiger charge is -2.18. The van der Waals surface area contributed by atoms with E-state index in [2.05, 4.69) is 10.3 Å². The molecule has 19 heavy (non-hydrogen) atoms. The molecule has 0 fully saturated rings. The number of aryl methyl sites for hydroxylation is 2. The van der Waals surface area contributed by atoms with Crippen LogP contribution in [-0.4, -0.2) is 12.0 Å². The summed E-state index contributed by atoms with van der Waals surface area (Å²) in [5.41, 5.74) is 3.06. The molecule has 2 nitrogen and oxygen atoms in total. The molecule has 1 aromatic heterocycles. The summed E-state index contributed by atoms with van der Waals surface area (Å²) in [6, 6.07) is 9.30. The molecule has 0 radical (unpaired) electrons. The van der Waals surface area contributed by atoms with Gasteiger partial charge in [-0.1, -0.05) is 17.7 Å². The highest BCUT2D eigenvalue weighted by Crippen LogP contribution is 2.22. The van der Waals surface area contributed by atoms with Gasteiger partial charge in [0.15, 0.2) is 0 Å². The Morgan fingerprint density at radius 3 is 2.63 bits per heavy atom. The molecule has 100 valence electrons. The second-order valence-corrected chi connectivity index (χ2v) is 4.76. The second-order valence-electron chi connectivity index (χ2n) is 4.76. The standard InChI is InChI=1S/C16H19FN2/c1-12-3-5-15(17)14(11-12)16(18-2)6-4-13-7-9-19-10-8-13/h3,5,7-11,16,18H,4,6H2,1-2H3. The van der Waals surface area contributed by atoms with E-state index in [1.165, 1.54) is 5.56 Å². The zero-order valence-corrected chi connectivity index (χ0v) is 11.4. The minimum absolute atomic E-state index is 0.0352. The minimum atomic E-state index is -0.139. The van der Waals surface area contributed by atoms with Crippen LogP contribution in [0.15, 0.2) is 42.7 Å². The fourth-order valence-electron chi connectivity index (χ4n) is 2.25. The SMILES string of the molecule is CNC(CCc1ccncc1)c1cc(C)ccc1F. The van der Waals surface area contributed by atoms with Crippen LogP contribution < -0.4 is 5.32 Å². The largest absolute Gasteiger partial charge is 0.313 e. The molecule has 0 saturated carbocycles. The maximum atomic E-state index is 13.9. The smallest absolute Gasteiger partial charge is 0.127 e. The van der Waals surface area contributed by atoms with Gasteiger partial charge in [-0.3, -0.25) is 4.98 Å². The Balaban J connectivity index is 2.10. The quantitative estimate of drug-likeness (QED) is 0.888. The van der Waals surface area contributed by atoms with E-state index in [4.69, 9.17) is 0 Å². The number of hydrogen-bond donors (Lipinski definition) is 1. The summed E-state index contributed by atoms with van der Waals surface area (Å²) in [5.74, 6) is -0.139. The van der Waals surface area contributed by atoms with Crippen LogP contribution in [0.4, 0.5) is 4.39 Å².